The molecule has 0 atom stereocenters. The van der Waals surface area contributed by atoms with Crippen LogP contribution in [0.4, 0.5) is 5.69 Å². The summed E-state index contributed by atoms with van der Waals surface area (Å²) < 4.78 is 0. The lowest BCUT2D eigenvalue weighted by molar-refractivity contribution is -0.384. The third-order valence-electron chi connectivity index (χ3n) is 7.23. The van der Waals surface area contributed by atoms with Gasteiger partial charge in [0.15, 0.2) is 0 Å². The molecule has 1 saturated carbocycles. The van der Waals surface area contributed by atoms with Crippen molar-refractivity contribution < 1.29 is 4.92 Å². The molecule has 0 aliphatic heterocycles. The highest BCUT2D eigenvalue weighted by molar-refractivity contribution is 5.78. The second-order valence-electron chi connectivity index (χ2n) is 9.38. The summed E-state index contributed by atoms with van der Waals surface area (Å²) in [4.78, 5) is 16.2. The van der Waals surface area contributed by atoms with Gasteiger partial charge in [0.25, 0.3) is 5.69 Å². The van der Waals surface area contributed by atoms with Gasteiger partial charge in [0, 0.05) is 17.8 Å². The Hall–Kier alpha value is -3.01. The summed E-state index contributed by atoms with van der Waals surface area (Å²) >= 11 is 0. The van der Waals surface area contributed by atoms with Crippen LogP contribution < -0.4 is 0 Å². The Morgan fingerprint density at radius 3 is 2.27 bits per heavy atom. The molecule has 4 nitrogen and oxygen atoms in total. The van der Waals surface area contributed by atoms with Crippen molar-refractivity contribution in [3.05, 3.63) is 82.0 Å². The Balaban J connectivity index is 1.51. The lowest BCUT2D eigenvalue weighted by Crippen LogP contribution is -2.13. The minimum absolute atomic E-state index is 0.119. The van der Waals surface area contributed by atoms with Crippen LogP contribution in [0.3, 0.4) is 0 Å². The molecule has 1 aromatic heterocycles. The van der Waals surface area contributed by atoms with E-state index < -0.39 is 0 Å². The van der Waals surface area contributed by atoms with E-state index in [0.717, 1.165) is 29.2 Å². The van der Waals surface area contributed by atoms with Crippen molar-refractivity contribution in [3.8, 4) is 22.4 Å². The smallest absolute Gasteiger partial charge is 0.258 e. The number of hydrogen-bond acceptors (Lipinski definition) is 3. The van der Waals surface area contributed by atoms with E-state index in [1.807, 2.05) is 48.7 Å². The molecule has 1 heterocycles. The summed E-state index contributed by atoms with van der Waals surface area (Å²) in [5.41, 5.74) is 5.71. The van der Waals surface area contributed by atoms with E-state index in [-0.39, 0.29) is 10.6 Å². The Morgan fingerprint density at radius 2 is 1.67 bits per heavy atom. The largest absolute Gasteiger partial charge is 0.277 e. The number of nitro groups is 1. The molecule has 0 spiro atoms. The molecule has 1 fully saturated rings. The van der Waals surface area contributed by atoms with E-state index in [0.29, 0.717) is 11.5 Å². The van der Waals surface area contributed by atoms with Gasteiger partial charge in [0.2, 0.25) is 0 Å². The van der Waals surface area contributed by atoms with Crippen LogP contribution in [0.25, 0.3) is 22.4 Å². The molecule has 3 aromatic rings. The van der Waals surface area contributed by atoms with E-state index >= 15 is 0 Å². The molecular formula is C29H34N2O2. The number of aromatic nitrogens is 1. The number of aryl methyl sites for hydroxylation is 1. The standard InChI is InChI=1S/C29H34N2O2/c1-3-5-6-22-9-11-23(12-10-22)26-16-18-28(30-20-26)25-15-17-27(29(19-25)31(32)33)24-13-7-21(4-2)8-14-24/h7-8,13-20,22-23H,3-6,9-12H2,1-2H3. The molecule has 0 bridgehead atoms. The third-order valence-corrected chi connectivity index (χ3v) is 7.23. The van der Waals surface area contributed by atoms with Crippen LogP contribution in [-0.4, -0.2) is 9.91 Å². The predicted octanol–water partition coefficient (Wildman–Crippen LogP) is 8.35. The van der Waals surface area contributed by atoms with E-state index in [2.05, 4.69) is 19.9 Å². The zero-order chi connectivity index (χ0) is 23.2. The first kappa shape index (κ1) is 23.2. The SMILES string of the molecule is CCCCC1CCC(c2ccc(-c3ccc(-c4ccc(CC)cc4)c([N+](=O)[O-])c3)nc2)CC1. The van der Waals surface area contributed by atoms with Gasteiger partial charge in [0.1, 0.15) is 0 Å². The molecule has 1 aliphatic rings. The van der Waals surface area contributed by atoms with Gasteiger partial charge >= 0.3 is 0 Å². The Labute approximate surface area is 197 Å². The quantitative estimate of drug-likeness (QED) is 0.260. The number of nitrogens with zero attached hydrogens (tertiary/aromatic N) is 2. The fourth-order valence-corrected chi connectivity index (χ4v) is 5.10. The van der Waals surface area contributed by atoms with Crippen molar-refractivity contribution in [2.45, 2.75) is 71.1 Å². The Bertz CT molecular complexity index is 1070. The molecule has 0 N–H and O–H groups in total. The number of unbranched alkanes of at least 4 members (excludes halogenated alkanes) is 1. The fourth-order valence-electron chi connectivity index (χ4n) is 5.10. The molecule has 0 amide bonds. The lowest BCUT2D eigenvalue weighted by atomic mass is 9.77. The van der Waals surface area contributed by atoms with Crippen LogP contribution in [0.2, 0.25) is 0 Å². The number of hydrogen-bond donors (Lipinski definition) is 0. The minimum atomic E-state index is -0.294. The second kappa shape index (κ2) is 10.7. The molecule has 172 valence electrons. The van der Waals surface area contributed by atoms with Gasteiger partial charge in [-0.3, -0.25) is 15.1 Å². The Kier molecular flexibility index (Phi) is 7.54. The predicted molar refractivity (Wildman–Crippen MR) is 135 cm³/mol. The number of rotatable bonds is 8. The van der Waals surface area contributed by atoms with Gasteiger partial charge in [0.05, 0.1) is 16.2 Å². The van der Waals surface area contributed by atoms with Crippen LogP contribution in [0, 0.1) is 16.0 Å². The normalized spacial score (nSPS) is 18.2. The van der Waals surface area contributed by atoms with E-state index in [1.165, 1.54) is 56.1 Å². The van der Waals surface area contributed by atoms with Crippen LogP contribution in [0.5, 0.6) is 0 Å². The molecule has 0 unspecified atom stereocenters. The van der Waals surface area contributed by atoms with Gasteiger partial charge in [-0.1, -0.05) is 69.5 Å². The van der Waals surface area contributed by atoms with Crippen molar-refractivity contribution in [2.75, 3.05) is 0 Å². The number of benzene rings is 2. The fraction of sp³-hybridized carbons (Fsp3) is 0.414. The van der Waals surface area contributed by atoms with Gasteiger partial charge in [-0.15, -0.1) is 0 Å². The topological polar surface area (TPSA) is 56.0 Å². The average molecular weight is 443 g/mol. The first-order valence-corrected chi connectivity index (χ1v) is 12.4. The maximum Gasteiger partial charge on any atom is 0.277 e. The first-order valence-electron chi connectivity index (χ1n) is 12.4. The zero-order valence-corrected chi connectivity index (χ0v) is 19.8. The molecule has 4 rings (SSSR count). The van der Waals surface area contributed by atoms with Crippen LogP contribution in [0.1, 0.15) is 75.8 Å². The highest BCUT2D eigenvalue weighted by Crippen LogP contribution is 2.38. The summed E-state index contributed by atoms with van der Waals surface area (Å²) in [6, 6.07) is 17.6. The van der Waals surface area contributed by atoms with Gasteiger partial charge in [-0.2, -0.15) is 0 Å². The highest BCUT2D eigenvalue weighted by atomic mass is 16.6. The van der Waals surface area contributed by atoms with E-state index in [4.69, 9.17) is 4.98 Å². The first-order chi connectivity index (χ1) is 16.1. The molecule has 0 radical (unpaired) electrons. The van der Waals surface area contributed by atoms with Gasteiger partial charge in [-0.25, -0.2) is 0 Å². The number of nitro benzene ring substituents is 1. The molecule has 4 heteroatoms. The molecule has 2 aromatic carbocycles. The molecular weight excluding hydrogens is 408 g/mol. The van der Waals surface area contributed by atoms with E-state index in [9.17, 15) is 10.1 Å². The van der Waals surface area contributed by atoms with Gasteiger partial charge < -0.3 is 0 Å². The maximum atomic E-state index is 11.8. The van der Waals surface area contributed by atoms with Crippen molar-refractivity contribution in [1.82, 2.24) is 4.98 Å². The lowest BCUT2D eigenvalue weighted by Gasteiger charge is -2.28. The summed E-state index contributed by atoms with van der Waals surface area (Å²) in [5.74, 6) is 1.48. The zero-order valence-electron chi connectivity index (χ0n) is 19.8. The molecule has 33 heavy (non-hydrogen) atoms. The Morgan fingerprint density at radius 1 is 0.939 bits per heavy atom. The summed E-state index contributed by atoms with van der Waals surface area (Å²) in [5, 5.41) is 11.8. The third kappa shape index (κ3) is 5.50. The minimum Gasteiger partial charge on any atom is -0.258 e. The number of pyridine rings is 1. The van der Waals surface area contributed by atoms with Crippen LogP contribution in [0.15, 0.2) is 60.8 Å². The van der Waals surface area contributed by atoms with Crippen molar-refractivity contribution in [2.24, 2.45) is 5.92 Å². The summed E-state index contributed by atoms with van der Waals surface area (Å²) in [6.07, 6.45) is 12.1. The van der Waals surface area contributed by atoms with Crippen molar-refractivity contribution in [3.63, 3.8) is 0 Å². The summed E-state index contributed by atoms with van der Waals surface area (Å²) in [6.45, 7) is 4.37. The summed E-state index contributed by atoms with van der Waals surface area (Å²) in [7, 11) is 0. The van der Waals surface area contributed by atoms with Crippen molar-refractivity contribution in [1.29, 1.82) is 0 Å². The van der Waals surface area contributed by atoms with Crippen LogP contribution in [-0.2, 0) is 6.42 Å². The molecule has 1 aliphatic carbocycles. The molecule has 0 saturated heterocycles. The van der Waals surface area contributed by atoms with Crippen LogP contribution >= 0.6 is 0 Å². The second-order valence-corrected chi connectivity index (χ2v) is 9.38. The average Bonchev–Trinajstić information content (AvgIpc) is 2.87. The van der Waals surface area contributed by atoms with Crippen molar-refractivity contribution >= 4 is 5.69 Å². The maximum absolute atomic E-state index is 11.8. The monoisotopic (exact) mass is 442 g/mol. The van der Waals surface area contributed by atoms with Gasteiger partial charge in [-0.05, 0) is 72.8 Å². The highest BCUT2D eigenvalue weighted by Gasteiger charge is 2.22. The van der Waals surface area contributed by atoms with E-state index in [1.54, 1.807) is 6.07 Å².